The summed E-state index contributed by atoms with van der Waals surface area (Å²) >= 11 is 0. The van der Waals surface area contributed by atoms with Crippen LogP contribution in [-0.2, 0) is 16.0 Å². The fourth-order valence-electron chi connectivity index (χ4n) is 4.81. The number of benzene rings is 2. The maximum Gasteiger partial charge on any atom is 0.325 e. The van der Waals surface area contributed by atoms with E-state index in [2.05, 4.69) is 5.32 Å². The predicted molar refractivity (Wildman–Crippen MR) is 127 cm³/mol. The van der Waals surface area contributed by atoms with Crippen LogP contribution >= 0.6 is 0 Å². The van der Waals surface area contributed by atoms with Crippen LogP contribution in [0.15, 0.2) is 48.5 Å². The SMILES string of the molecule is COc1ccc(OC)c([C@@H]2CCCN2C(=O)CN2C(=O)N[C@@](C)(CCc3ccccc3)C2=O)c1. The number of aryl methyl sites for hydroxylation is 1. The summed E-state index contributed by atoms with van der Waals surface area (Å²) in [5, 5.41) is 2.80. The summed E-state index contributed by atoms with van der Waals surface area (Å²) < 4.78 is 10.9. The van der Waals surface area contributed by atoms with Gasteiger partial charge in [0, 0.05) is 12.1 Å². The van der Waals surface area contributed by atoms with Gasteiger partial charge in [0.25, 0.3) is 5.91 Å². The third-order valence-electron chi connectivity index (χ3n) is 6.76. The Bertz CT molecular complexity index is 1070. The number of rotatable bonds is 8. The normalized spacial score (nSPS) is 22.1. The number of carbonyl (C=O) groups excluding carboxylic acids is 3. The Hall–Kier alpha value is -3.55. The maximum absolute atomic E-state index is 13.3. The molecule has 8 heteroatoms. The van der Waals surface area contributed by atoms with E-state index in [0.717, 1.165) is 28.9 Å². The number of hydrogen-bond acceptors (Lipinski definition) is 5. The molecule has 8 nitrogen and oxygen atoms in total. The van der Waals surface area contributed by atoms with E-state index in [1.807, 2.05) is 48.5 Å². The van der Waals surface area contributed by atoms with Crippen molar-refractivity contribution < 1.29 is 23.9 Å². The lowest BCUT2D eigenvalue weighted by atomic mass is 9.93. The van der Waals surface area contributed by atoms with Crippen LogP contribution in [0.25, 0.3) is 0 Å². The van der Waals surface area contributed by atoms with Crippen molar-refractivity contribution in [3.8, 4) is 11.5 Å². The maximum atomic E-state index is 13.3. The molecule has 2 aliphatic rings. The Balaban J connectivity index is 1.46. The zero-order valence-corrected chi connectivity index (χ0v) is 19.9. The molecule has 0 bridgehead atoms. The van der Waals surface area contributed by atoms with Crippen molar-refractivity contribution >= 4 is 17.8 Å². The quantitative estimate of drug-likeness (QED) is 0.605. The van der Waals surface area contributed by atoms with E-state index in [1.165, 1.54) is 0 Å². The van der Waals surface area contributed by atoms with Gasteiger partial charge in [-0.05, 0) is 56.4 Å². The van der Waals surface area contributed by atoms with Gasteiger partial charge in [-0.1, -0.05) is 30.3 Å². The zero-order valence-electron chi connectivity index (χ0n) is 19.9. The molecule has 2 aliphatic heterocycles. The fraction of sp³-hybridized carbons (Fsp3) is 0.423. The summed E-state index contributed by atoms with van der Waals surface area (Å²) in [6, 6.07) is 14.6. The first-order chi connectivity index (χ1) is 16.4. The number of amides is 4. The molecule has 2 aromatic rings. The number of likely N-dealkylation sites (tertiary alicyclic amines) is 1. The molecule has 2 fully saturated rings. The average molecular weight is 466 g/mol. The van der Waals surface area contributed by atoms with Crippen LogP contribution in [-0.4, -0.2) is 60.5 Å². The molecule has 0 aromatic heterocycles. The second kappa shape index (κ2) is 9.75. The Morgan fingerprint density at radius 2 is 1.88 bits per heavy atom. The molecule has 34 heavy (non-hydrogen) atoms. The third-order valence-corrected chi connectivity index (χ3v) is 6.76. The molecule has 0 spiro atoms. The van der Waals surface area contributed by atoms with Crippen LogP contribution in [0.4, 0.5) is 4.79 Å². The molecule has 0 aliphatic carbocycles. The lowest BCUT2D eigenvalue weighted by Crippen LogP contribution is -2.46. The van der Waals surface area contributed by atoms with Gasteiger partial charge in [0.05, 0.1) is 20.3 Å². The molecule has 2 aromatic carbocycles. The number of urea groups is 1. The van der Waals surface area contributed by atoms with Crippen molar-refractivity contribution in [3.05, 3.63) is 59.7 Å². The highest BCUT2D eigenvalue weighted by Crippen LogP contribution is 2.39. The van der Waals surface area contributed by atoms with Crippen molar-refractivity contribution in [2.24, 2.45) is 0 Å². The van der Waals surface area contributed by atoms with Gasteiger partial charge in [-0.15, -0.1) is 0 Å². The highest BCUT2D eigenvalue weighted by Gasteiger charge is 2.48. The van der Waals surface area contributed by atoms with Crippen molar-refractivity contribution in [1.82, 2.24) is 15.1 Å². The van der Waals surface area contributed by atoms with E-state index in [0.29, 0.717) is 30.9 Å². The van der Waals surface area contributed by atoms with Gasteiger partial charge < -0.3 is 19.7 Å². The summed E-state index contributed by atoms with van der Waals surface area (Å²) in [5.41, 5.74) is 0.915. The molecule has 4 rings (SSSR count). The summed E-state index contributed by atoms with van der Waals surface area (Å²) in [4.78, 5) is 41.9. The van der Waals surface area contributed by atoms with Crippen LogP contribution in [0.2, 0.25) is 0 Å². The minimum atomic E-state index is -1.03. The molecule has 0 unspecified atom stereocenters. The van der Waals surface area contributed by atoms with Gasteiger partial charge in [-0.2, -0.15) is 0 Å². The molecule has 2 atom stereocenters. The van der Waals surface area contributed by atoms with Crippen molar-refractivity contribution in [3.63, 3.8) is 0 Å². The number of imide groups is 1. The van der Waals surface area contributed by atoms with E-state index < -0.39 is 11.6 Å². The van der Waals surface area contributed by atoms with Gasteiger partial charge in [-0.3, -0.25) is 14.5 Å². The van der Waals surface area contributed by atoms with E-state index in [1.54, 1.807) is 26.0 Å². The molecular formula is C26H31N3O5. The smallest absolute Gasteiger partial charge is 0.325 e. The molecule has 0 radical (unpaired) electrons. The summed E-state index contributed by atoms with van der Waals surface area (Å²) in [6.07, 6.45) is 2.70. The summed E-state index contributed by atoms with van der Waals surface area (Å²) in [5.74, 6) is 0.729. The zero-order chi connectivity index (χ0) is 24.3. The minimum Gasteiger partial charge on any atom is -0.497 e. The van der Waals surface area contributed by atoms with Gasteiger partial charge >= 0.3 is 6.03 Å². The minimum absolute atomic E-state index is 0.206. The lowest BCUT2D eigenvalue weighted by Gasteiger charge is -2.28. The van der Waals surface area contributed by atoms with Crippen LogP contribution in [0, 0.1) is 0 Å². The van der Waals surface area contributed by atoms with Gasteiger partial charge in [0.1, 0.15) is 23.6 Å². The van der Waals surface area contributed by atoms with E-state index in [-0.39, 0.29) is 24.4 Å². The Morgan fingerprint density at radius 3 is 2.59 bits per heavy atom. The summed E-state index contributed by atoms with van der Waals surface area (Å²) in [6.45, 7) is 1.99. The van der Waals surface area contributed by atoms with Crippen molar-refractivity contribution in [2.75, 3.05) is 27.3 Å². The highest BCUT2D eigenvalue weighted by molar-refractivity contribution is 6.08. The number of methoxy groups -OCH3 is 2. The second-order valence-corrected chi connectivity index (χ2v) is 8.99. The topological polar surface area (TPSA) is 88.2 Å². The first kappa shape index (κ1) is 23.6. The third kappa shape index (κ3) is 4.58. The van der Waals surface area contributed by atoms with Gasteiger partial charge in [0.2, 0.25) is 5.91 Å². The average Bonchev–Trinajstić information content (AvgIpc) is 3.42. The van der Waals surface area contributed by atoms with Crippen LogP contribution in [0.5, 0.6) is 11.5 Å². The number of hydrogen-bond donors (Lipinski definition) is 1. The highest BCUT2D eigenvalue weighted by atomic mass is 16.5. The van der Waals surface area contributed by atoms with E-state index in [9.17, 15) is 14.4 Å². The standard InChI is InChI=1S/C26H31N3O5/c1-26(14-13-18-8-5-4-6-9-18)24(31)29(25(32)27-26)17-23(30)28-15-7-10-21(28)20-16-19(33-2)11-12-22(20)34-3/h4-6,8-9,11-12,16,21H,7,10,13-15,17H2,1-3H3,(H,27,32)/t21-,26-/m0/s1. The van der Waals surface area contributed by atoms with E-state index in [4.69, 9.17) is 9.47 Å². The Morgan fingerprint density at radius 1 is 1.12 bits per heavy atom. The van der Waals surface area contributed by atoms with Crippen LogP contribution < -0.4 is 14.8 Å². The number of nitrogens with zero attached hydrogens (tertiary/aromatic N) is 2. The summed E-state index contributed by atoms with van der Waals surface area (Å²) in [7, 11) is 3.19. The first-order valence-electron chi connectivity index (χ1n) is 11.6. The van der Waals surface area contributed by atoms with Crippen molar-refractivity contribution in [1.29, 1.82) is 0 Å². The second-order valence-electron chi connectivity index (χ2n) is 8.99. The van der Waals surface area contributed by atoms with Gasteiger partial charge in [0.15, 0.2) is 0 Å². The number of ether oxygens (including phenoxy) is 2. The monoisotopic (exact) mass is 465 g/mol. The molecular weight excluding hydrogens is 434 g/mol. The molecule has 2 heterocycles. The number of carbonyl (C=O) groups is 3. The molecule has 0 saturated carbocycles. The fourth-order valence-corrected chi connectivity index (χ4v) is 4.81. The van der Waals surface area contributed by atoms with E-state index >= 15 is 0 Å². The van der Waals surface area contributed by atoms with Crippen LogP contribution in [0.3, 0.4) is 0 Å². The lowest BCUT2D eigenvalue weighted by molar-refractivity contribution is -0.139. The largest absolute Gasteiger partial charge is 0.497 e. The molecule has 4 amide bonds. The van der Waals surface area contributed by atoms with Crippen LogP contribution in [0.1, 0.15) is 43.4 Å². The van der Waals surface area contributed by atoms with Gasteiger partial charge in [-0.25, -0.2) is 4.79 Å². The molecule has 1 N–H and O–H groups in total. The Labute approximate surface area is 199 Å². The van der Waals surface area contributed by atoms with Crippen molar-refractivity contribution in [2.45, 2.75) is 44.2 Å². The Kier molecular flexibility index (Phi) is 6.77. The first-order valence-corrected chi connectivity index (χ1v) is 11.6. The molecule has 2 saturated heterocycles. The predicted octanol–water partition coefficient (Wildman–Crippen LogP) is 3.31. The molecule has 180 valence electrons. The number of nitrogens with one attached hydrogen (secondary N) is 1.